The molecule has 2 rings (SSSR count). The summed E-state index contributed by atoms with van der Waals surface area (Å²) in [5.41, 5.74) is 0.501. The topological polar surface area (TPSA) is 57.1 Å². The maximum Gasteiger partial charge on any atom is 0.258 e. The molecule has 1 atom stereocenters. The summed E-state index contributed by atoms with van der Waals surface area (Å²) in [6.45, 7) is 5.35. The molecule has 0 aliphatic carbocycles. The van der Waals surface area contributed by atoms with Gasteiger partial charge in [0, 0.05) is 29.3 Å². The summed E-state index contributed by atoms with van der Waals surface area (Å²) in [6.07, 6.45) is 2.92. The summed E-state index contributed by atoms with van der Waals surface area (Å²) in [5.74, 6) is 0.643. The molecule has 1 aromatic rings. The number of carbonyl (C=O) groups excluding carboxylic acids is 1. The third kappa shape index (κ3) is 4.04. The van der Waals surface area contributed by atoms with Gasteiger partial charge in [0.2, 0.25) is 5.96 Å². The van der Waals surface area contributed by atoms with Gasteiger partial charge in [-0.25, -0.2) is 5.01 Å². The van der Waals surface area contributed by atoms with Crippen molar-refractivity contribution in [2.24, 2.45) is 16.0 Å². The van der Waals surface area contributed by atoms with Crippen LogP contribution in [0.15, 0.2) is 34.4 Å². The van der Waals surface area contributed by atoms with Gasteiger partial charge in [-0.1, -0.05) is 24.6 Å². The summed E-state index contributed by atoms with van der Waals surface area (Å²) < 4.78 is 0. The van der Waals surface area contributed by atoms with E-state index in [4.69, 9.17) is 11.6 Å². The Morgan fingerprint density at radius 3 is 2.95 bits per heavy atom. The first-order chi connectivity index (χ1) is 10.1. The number of guanidine groups is 1. The monoisotopic (exact) mass is 306 g/mol. The molecule has 1 aliphatic rings. The van der Waals surface area contributed by atoms with E-state index in [0.29, 0.717) is 29.0 Å². The standard InChI is InChI=1S/C15H19ClN4O/c1-3-11-9-18-20(10-11)15(17-4-2)19-14(21)12-6-5-7-13(16)8-12/h5-9,11H,3-4,10H2,1-2H3,(H,17,19,21). The zero-order valence-electron chi connectivity index (χ0n) is 12.2. The van der Waals surface area contributed by atoms with Crippen molar-refractivity contribution in [3.8, 4) is 0 Å². The number of carbonyl (C=O) groups is 1. The number of nitrogens with one attached hydrogen (secondary N) is 1. The second kappa shape index (κ2) is 7.22. The molecule has 1 aliphatic heterocycles. The molecular weight excluding hydrogens is 288 g/mol. The average molecular weight is 307 g/mol. The molecular formula is C15H19ClN4O. The Bertz CT molecular complexity index is 571. The molecule has 0 fully saturated rings. The highest BCUT2D eigenvalue weighted by Gasteiger charge is 2.22. The number of hydrogen-bond donors (Lipinski definition) is 1. The van der Waals surface area contributed by atoms with Crippen molar-refractivity contribution in [2.75, 3.05) is 13.1 Å². The van der Waals surface area contributed by atoms with Crippen LogP contribution in [0.4, 0.5) is 0 Å². The van der Waals surface area contributed by atoms with Gasteiger partial charge in [0.25, 0.3) is 5.91 Å². The molecule has 1 unspecified atom stereocenters. The molecule has 6 heteroatoms. The number of hydrogen-bond acceptors (Lipinski definition) is 3. The van der Waals surface area contributed by atoms with E-state index in [9.17, 15) is 4.79 Å². The molecule has 112 valence electrons. The van der Waals surface area contributed by atoms with Crippen molar-refractivity contribution in [3.63, 3.8) is 0 Å². The minimum atomic E-state index is -0.236. The number of benzene rings is 1. The van der Waals surface area contributed by atoms with Crippen molar-refractivity contribution in [1.29, 1.82) is 0 Å². The van der Waals surface area contributed by atoms with Crippen LogP contribution in [0.5, 0.6) is 0 Å². The van der Waals surface area contributed by atoms with Gasteiger partial charge >= 0.3 is 0 Å². The van der Waals surface area contributed by atoms with Crippen LogP contribution < -0.4 is 5.32 Å². The third-order valence-corrected chi connectivity index (χ3v) is 3.45. The molecule has 1 aromatic carbocycles. The maximum atomic E-state index is 12.3. The highest BCUT2D eigenvalue weighted by molar-refractivity contribution is 6.31. The van der Waals surface area contributed by atoms with Gasteiger partial charge in [-0.15, -0.1) is 0 Å². The molecule has 0 bridgehead atoms. The number of nitrogens with zero attached hydrogens (tertiary/aromatic N) is 3. The lowest BCUT2D eigenvalue weighted by Crippen LogP contribution is -2.41. The van der Waals surface area contributed by atoms with E-state index in [1.54, 1.807) is 29.3 Å². The quantitative estimate of drug-likeness (QED) is 0.689. The predicted octanol–water partition coefficient (Wildman–Crippen LogP) is 2.77. The van der Waals surface area contributed by atoms with Gasteiger partial charge in [-0.2, -0.15) is 5.10 Å². The highest BCUT2D eigenvalue weighted by atomic mass is 35.5. The van der Waals surface area contributed by atoms with Gasteiger partial charge in [0.1, 0.15) is 0 Å². The van der Waals surface area contributed by atoms with Crippen molar-refractivity contribution in [3.05, 3.63) is 34.9 Å². The van der Waals surface area contributed by atoms with Crippen LogP contribution in [-0.2, 0) is 0 Å². The Morgan fingerprint density at radius 1 is 1.52 bits per heavy atom. The molecule has 1 amide bonds. The summed E-state index contributed by atoms with van der Waals surface area (Å²) in [6, 6.07) is 6.82. The van der Waals surface area contributed by atoms with E-state index in [1.807, 2.05) is 13.1 Å². The predicted molar refractivity (Wildman–Crippen MR) is 85.9 cm³/mol. The molecule has 5 nitrogen and oxygen atoms in total. The number of aliphatic imine (C=N–C) groups is 1. The van der Waals surface area contributed by atoms with Crippen molar-refractivity contribution in [2.45, 2.75) is 20.3 Å². The summed E-state index contributed by atoms with van der Waals surface area (Å²) in [4.78, 5) is 16.6. The molecule has 0 radical (unpaired) electrons. The van der Waals surface area contributed by atoms with Gasteiger partial charge in [-0.3, -0.25) is 15.1 Å². The van der Waals surface area contributed by atoms with Gasteiger partial charge in [0.15, 0.2) is 0 Å². The SMILES string of the molecule is CCN=C(NC(=O)c1cccc(Cl)c1)N1CC(CC)C=N1. The van der Waals surface area contributed by atoms with Crippen molar-refractivity contribution in [1.82, 2.24) is 10.3 Å². The van der Waals surface area contributed by atoms with Gasteiger partial charge in [0.05, 0.1) is 6.54 Å². The Hall–Kier alpha value is -1.88. The first-order valence-corrected chi connectivity index (χ1v) is 7.44. The zero-order chi connectivity index (χ0) is 15.2. The van der Waals surface area contributed by atoms with Crippen LogP contribution in [0, 0.1) is 5.92 Å². The molecule has 0 aromatic heterocycles. The lowest BCUT2D eigenvalue weighted by molar-refractivity contribution is 0.0972. The highest BCUT2D eigenvalue weighted by Crippen LogP contribution is 2.13. The average Bonchev–Trinajstić information content (AvgIpc) is 2.95. The minimum absolute atomic E-state index is 0.236. The zero-order valence-corrected chi connectivity index (χ0v) is 13.0. The first-order valence-electron chi connectivity index (χ1n) is 7.07. The van der Waals surface area contributed by atoms with Crippen molar-refractivity contribution < 1.29 is 4.79 Å². The van der Waals surface area contributed by atoms with E-state index in [-0.39, 0.29) is 5.91 Å². The Balaban J connectivity index is 2.09. The van der Waals surface area contributed by atoms with Crippen LogP contribution in [0.25, 0.3) is 0 Å². The van der Waals surface area contributed by atoms with Gasteiger partial charge in [-0.05, 0) is 31.5 Å². The largest absolute Gasteiger partial charge is 0.291 e. The third-order valence-electron chi connectivity index (χ3n) is 3.21. The second-order valence-electron chi connectivity index (χ2n) is 4.78. The lowest BCUT2D eigenvalue weighted by Gasteiger charge is -2.18. The Kier molecular flexibility index (Phi) is 5.33. The van der Waals surface area contributed by atoms with E-state index < -0.39 is 0 Å². The molecule has 21 heavy (non-hydrogen) atoms. The normalized spacial score (nSPS) is 18.1. The second-order valence-corrected chi connectivity index (χ2v) is 5.21. The minimum Gasteiger partial charge on any atom is -0.291 e. The van der Waals surface area contributed by atoms with E-state index >= 15 is 0 Å². The van der Waals surface area contributed by atoms with Crippen LogP contribution in [0.3, 0.4) is 0 Å². The smallest absolute Gasteiger partial charge is 0.258 e. The fourth-order valence-electron chi connectivity index (χ4n) is 2.01. The van der Waals surface area contributed by atoms with Crippen LogP contribution in [0.2, 0.25) is 5.02 Å². The molecule has 1 heterocycles. The van der Waals surface area contributed by atoms with Crippen LogP contribution in [-0.4, -0.2) is 36.2 Å². The Morgan fingerprint density at radius 2 is 2.33 bits per heavy atom. The fourth-order valence-corrected chi connectivity index (χ4v) is 2.20. The summed E-state index contributed by atoms with van der Waals surface area (Å²) >= 11 is 5.91. The summed E-state index contributed by atoms with van der Waals surface area (Å²) in [5, 5.41) is 9.39. The number of halogens is 1. The first kappa shape index (κ1) is 15.5. The molecule has 0 saturated carbocycles. The van der Waals surface area contributed by atoms with E-state index in [1.165, 1.54) is 0 Å². The van der Waals surface area contributed by atoms with E-state index in [0.717, 1.165) is 13.0 Å². The van der Waals surface area contributed by atoms with Gasteiger partial charge < -0.3 is 0 Å². The van der Waals surface area contributed by atoms with Crippen LogP contribution in [0.1, 0.15) is 30.6 Å². The number of amides is 1. The molecule has 1 N–H and O–H groups in total. The van der Waals surface area contributed by atoms with E-state index in [2.05, 4.69) is 22.3 Å². The van der Waals surface area contributed by atoms with Crippen LogP contribution >= 0.6 is 11.6 Å². The maximum absolute atomic E-state index is 12.3. The Labute approximate surface area is 129 Å². The number of hydrazone groups is 1. The van der Waals surface area contributed by atoms with Crippen molar-refractivity contribution >= 4 is 29.7 Å². The molecule has 0 saturated heterocycles. The lowest BCUT2D eigenvalue weighted by atomic mass is 10.1. The molecule has 0 spiro atoms. The summed E-state index contributed by atoms with van der Waals surface area (Å²) in [7, 11) is 0. The number of rotatable bonds is 3. The fraction of sp³-hybridized carbons (Fsp3) is 0.400.